The number of hydrogen-bond donors (Lipinski definition) is 2. The summed E-state index contributed by atoms with van der Waals surface area (Å²) in [5.74, 6) is 1.85. The molecule has 2 unspecified atom stereocenters. The Morgan fingerprint density at radius 2 is 1.93 bits per heavy atom. The van der Waals surface area contributed by atoms with E-state index in [9.17, 15) is 8.78 Å². The standard InChI is InChI=1S/C22H25F2N3O/c1-4-6-14(2)9-10-16(21-13-28-15(3)27-21)19(25)11-12-20(26)22-17(23)7-5-8-18(22)24/h1,5,7-8,11-14,16H,6,9-10,25-26H2,2-3H3/b19-11-,20-12-. The van der Waals surface area contributed by atoms with E-state index in [4.69, 9.17) is 22.3 Å². The molecule has 0 aliphatic carbocycles. The lowest BCUT2D eigenvalue weighted by Gasteiger charge is -2.17. The van der Waals surface area contributed by atoms with Crippen molar-refractivity contribution in [3.05, 3.63) is 71.1 Å². The van der Waals surface area contributed by atoms with Gasteiger partial charge in [-0.3, -0.25) is 0 Å². The average molecular weight is 385 g/mol. The Balaban J connectivity index is 2.27. The number of allylic oxidation sites excluding steroid dienone is 3. The largest absolute Gasteiger partial charge is 0.449 e. The lowest BCUT2D eigenvalue weighted by molar-refractivity contribution is 0.491. The summed E-state index contributed by atoms with van der Waals surface area (Å²) in [6.07, 6.45) is 12.1. The highest BCUT2D eigenvalue weighted by atomic mass is 19.1. The molecule has 0 aliphatic rings. The minimum atomic E-state index is -0.729. The molecule has 0 saturated heterocycles. The first-order valence-corrected chi connectivity index (χ1v) is 9.06. The van der Waals surface area contributed by atoms with Gasteiger partial charge in [-0.2, -0.15) is 0 Å². The van der Waals surface area contributed by atoms with Crippen molar-refractivity contribution in [1.82, 2.24) is 4.98 Å². The first-order chi connectivity index (χ1) is 13.3. The second kappa shape index (κ2) is 9.75. The molecule has 148 valence electrons. The molecule has 0 bridgehead atoms. The first-order valence-electron chi connectivity index (χ1n) is 9.06. The van der Waals surface area contributed by atoms with Gasteiger partial charge in [0.2, 0.25) is 0 Å². The Morgan fingerprint density at radius 3 is 2.50 bits per heavy atom. The van der Waals surface area contributed by atoms with Crippen molar-refractivity contribution in [2.75, 3.05) is 0 Å². The van der Waals surface area contributed by atoms with Crippen LogP contribution < -0.4 is 11.5 Å². The lowest BCUT2D eigenvalue weighted by Crippen LogP contribution is -2.12. The molecular formula is C22H25F2N3O. The van der Waals surface area contributed by atoms with Gasteiger partial charge in [-0.15, -0.1) is 12.3 Å². The van der Waals surface area contributed by atoms with E-state index in [1.807, 2.05) is 0 Å². The van der Waals surface area contributed by atoms with Gasteiger partial charge in [-0.1, -0.05) is 13.0 Å². The number of oxazole rings is 1. The number of rotatable bonds is 8. The second-order valence-corrected chi connectivity index (χ2v) is 6.82. The third-order valence-electron chi connectivity index (χ3n) is 4.52. The van der Waals surface area contributed by atoms with Crippen LogP contribution in [0, 0.1) is 36.8 Å². The van der Waals surface area contributed by atoms with Crippen LogP contribution in [-0.2, 0) is 0 Å². The predicted octanol–water partition coefficient (Wildman–Crippen LogP) is 4.63. The maximum Gasteiger partial charge on any atom is 0.191 e. The van der Waals surface area contributed by atoms with Crippen LogP contribution in [0.5, 0.6) is 0 Å². The number of hydrogen-bond acceptors (Lipinski definition) is 4. The third kappa shape index (κ3) is 5.46. The van der Waals surface area contributed by atoms with Crippen molar-refractivity contribution in [2.24, 2.45) is 17.4 Å². The van der Waals surface area contributed by atoms with Gasteiger partial charge in [0, 0.05) is 30.7 Å². The van der Waals surface area contributed by atoms with Crippen molar-refractivity contribution in [3.8, 4) is 12.3 Å². The molecule has 0 saturated carbocycles. The lowest BCUT2D eigenvalue weighted by atomic mass is 9.91. The van der Waals surface area contributed by atoms with Crippen LogP contribution in [0.4, 0.5) is 8.78 Å². The Labute approximate surface area is 164 Å². The van der Waals surface area contributed by atoms with E-state index < -0.39 is 11.6 Å². The molecule has 0 radical (unpaired) electrons. The zero-order valence-electron chi connectivity index (χ0n) is 16.1. The fraction of sp³-hybridized carbons (Fsp3) is 0.318. The molecule has 2 atom stereocenters. The molecule has 4 nitrogen and oxygen atoms in total. The normalized spacial score (nSPS) is 14.5. The summed E-state index contributed by atoms with van der Waals surface area (Å²) in [5.41, 5.74) is 13.0. The van der Waals surface area contributed by atoms with Crippen molar-refractivity contribution in [3.63, 3.8) is 0 Å². The first kappa shape index (κ1) is 21.2. The quantitative estimate of drug-likeness (QED) is 0.513. The van der Waals surface area contributed by atoms with Gasteiger partial charge in [0.1, 0.15) is 17.9 Å². The van der Waals surface area contributed by atoms with Crippen LogP contribution in [0.2, 0.25) is 0 Å². The van der Waals surface area contributed by atoms with E-state index in [2.05, 4.69) is 17.8 Å². The van der Waals surface area contributed by atoms with E-state index >= 15 is 0 Å². The summed E-state index contributed by atoms with van der Waals surface area (Å²) in [7, 11) is 0. The molecule has 1 heterocycles. The molecule has 2 rings (SSSR count). The topological polar surface area (TPSA) is 78.1 Å². The maximum atomic E-state index is 13.9. The van der Waals surface area contributed by atoms with Crippen molar-refractivity contribution >= 4 is 5.70 Å². The highest BCUT2D eigenvalue weighted by Gasteiger charge is 2.19. The molecule has 1 aromatic heterocycles. The number of nitrogens with two attached hydrogens (primary N) is 2. The molecule has 1 aromatic carbocycles. The van der Waals surface area contributed by atoms with Gasteiger partial charge in [0.25, 0.3) is 0 Å². The molecule has 0 spiro atoms. The monoisotopic (exact) mass is 385 g/mol. The van der Waals surface area contributed by atoms with Gasteiger partial charge >= 0.3 is 0 Å². The van der Waals surface area contributed by atoms with Crippen molar-refractivity contribution < 1.29 is 13.2 Å². The number of aromatic nitrogens is 1. The summed E-state index contributed by atoms with van der Waals surface area (Å²) in [4.78, 5) is 4.37. The molecule has 28 heavy (non-hydrogen) atoms. The summed E-state index contributed by atoms with van der Waals surface area (Å²) >= 11 is 0. The Morgan fingerprint density at radius 1 is 1.25 bits per heavy atom. The van der Waals surface area contributed by atoms with E-state index in [-0.39, 0.29) is 17.2 Å². The van der Waals surface area contributed by atoms with Gasteiger partial charge < -0.3 is 15.9 Å². The van der Waals surface area contributed by atoms with Gasteiger partial charge in [0.15, 0.2) is 5.89 Å². The molecule has 0 fully saturated rings. The van der Waals surface area contributed by atoms with Crippen LogP contribution in [0.25, 0.3) is 5.70 Å². The number of terminal acetylenes is 1. The molecule has 6 heteroatoms. The van der Waals surface area contributed by atoms with Gasteiger partial charge in [-0.05, 0) is 43.0 Å². The van der Waals surface area contributed by atoms with Crippen LogP contribution in [0.1, 0.15) is 49.3 Å². The predicted molar refractivity (Wildman–Crippen MR) is 107 cm³/mol. The Hall–Kier alpha value is -3.07. The number of aryl methyl sites for hydroxylation is 1. The molecule has 0 aliphatic heterocycles. The van der Waals surface area contributed by atoms with E-state index in [0.29, 0.717) is 36.0 Å². The number of benzene rings is 1. The summed E-state index contributed by atoms with van der Waals surface area (Å²) in [6, 6.07) is 3.59. The summed E-state index contributed by atoms with van der Waals surface area (Å²) in [6.45, 7) is 3.82. The molecule has 2 aromatic rings. The summed E-state index contributed by atoms with van der Waals surface area (Å²) in [5, 5.41) is 0. The minimum Gasteiger partial charge on any atom is -0.449 e. The Kier molecular flexibility index (Phi) is 7.39. The van der Waals surface area contributed by atoms with Crippen LogP contribution in [-0.4, -0.2) is 4.98 Å². The minimum absolute atomic E-state index is 0.0469. The van der Waals surface area contributed by atoms with Gasteiger partial charge in [-0.25, -0.2) is 13.8 Å². The van der Waals surface area contributed by atoms with Gasteiger partial charge in [0.05, 0.1) is 11.3 Å². The van der Waals surface area contributed by atoms with Crippen molar-refractivity contribution in [1.29, 1.82) is 0 Å². The second-order valence-electron chi connectivity index (χ2n) is 6.82. The highest BCUT2D eigenvalue weighted by Crippen LogP contribution is 2.29. The van der Waals surface area contributed by atoms with E-state index in [1.54, 1.807) is 19.3 Å². The SMILES string of the molecule is C#CCC(C)CCC(/C(N)=C/C=C(\N)c1c(F)cccc1F)c1coc(C)n1. The smallest absolute Gasteiger partial charge is 0.191 e. The van der Waals surface area contributed by atoms with Crippen molar-refractivity contribution in [2.45, 2.75) is 39.0 Å². The maximum absolute atomic E-state index is 13.9. The molecule has 0 amide bonds. The summed E-state index contributed by atoms with van der Waals surface area (Å²) < 4.78 is 33.1. The van der Waals surface area contributed by atoms with E-state index in [0.717, 1.165) is 18.6 Å². The number of nitrogens with zero attached hydrogens (tertiary/aromatic N) is 1. The fourth-order valence-corrected chi connectivity index (χ4v) is 2.94. The Bertz CT molecular complexity index is 888. The zero-order chi connectivity index (χ0) is 20.7. The van der Waals surface area contributed by atoms with Crippen LogP contribution in [0.3, 0.4) is 0 Å². The zero-order valence-corrected chi connectivity index (χ0v) is 16.1. The highest BCUT2D eigenvalue weighted by molar-refractivity contribution is 5.65. The molecule has 4 N–H and O–H groups in total. The van der Waals surface area contributed by atoms with Crippen LogP contribution in [0.15, 0.2) is 46.7 Å². The fourth-order valence-electron chi connectivity index (χ4n) is 2.94. The van der Waals surface area contributed by atoms with E-state index in [1.165, 1.54) is 12.1 Å². The molecular weight excluding hydrogens is 360 g/mol. The van der Waals surface area contributed by atoms with Crippen LogP contribution >= 0.6 is 0 Å². The number of halogens is 2. The third-order valence-corrected chi connectivity index (χ3v) is 4.52. The average Bonchev–Trinajstić information content (AvgIpc) is 3.06.